The van der Waals surface area contributed by atoms with Crippen molar-refractivity contribution >= 4 is 27.3 Å². The number of carbonyl (C=O) groups is 1. The fraction of sp³-hybridized carbons (Fsp3) is 0.500. The van der Waals surface area contributed by atoms with Crippen LogP contribution in [0.3, 0.4) is 0 Å². The summed E-state index contributed by atoms with van der Waals surface area (Å²) in [6, 6.07) is 1.42. The molecule has 1 N–H and O–H groups in total. The van der Waals surface area contributed by atoms with Crippen molar-refractivity contribution in [3.63, 3.8) is 0 Å². The van der Waals surface area contributed by atoms with Crippen LogP contribution in [-0.4, -0.2) is 36.4 Å². The monoisotopic (exact) mass is 275 g/mol. The fourth-order valence-corrected chi connectivity index (χ4v) is 4.70. The zero-order valence-electron chi connectivity index (χ0n) is 9.29. The SMILES string of the molecule is CCN(C1CC1)S(=O)(=O)c1ccsc1C(=O)O. The molecule has 0 unspecified atom stereocenters. The van der Waals surface area contributed by atoms with Gasteiger partial charge in [0.25, 0.3) is 0 Å². The van der Waals surface area contributed by atoms with Gasteiger partial charge in [-0.25, -0.2) is 13.2 Å². The first-order chi connectivity index (χ1) is 7.98. The summed E-state index contributed by atoms with van der Waals surface area (Å²) in [6.07, 6.45) is 1.72. The Labute approximate surface area is 104 Å². The predicted molar refractivity (Wildman–Crippen MR) is 63.9 cm³/mol. The van der Waals surface area contributed by atoms with E-state index < -0.39 is 16.0 Å². The summed E-state index contributed by atoms with van der Waals surface area (Å²) >= 11 is 0.939. The number of sulfonamides is 1. The van der Waals surface area contributed by atoms with Crippen molar-refractivity contribution in [2.45, 2.75) is 30.7 Å². The summed E-state index contributed by atoms with van der Waals surface area (Å²) in [5.74, 6) is -1.19. The van der Waals surface area contributed by atoms with Crippen molar-refractivity contribution in [1.82, 2.24) is 4.31 Å². The molecule has 0 aliphatic heterocycles. The molecule has 0 bridgehead atoms. The van der Waals surface area contributed by atoms with E-state index in [1.165, 1.54) is 15.8 Å². The van der Waals surface area contributed by atoms with Gasteiger partial charge in [0.1, 0.15) is 9.77 Å². The van der Waals surface area contributed by atoms with Crippen LogP contribution in [0.2, 0.25) is 0 Å². The first kappa shape index (κ1) is 12.5. The third-order valence-corrected chi connectivity index (χ3v) is 5.78. The number of carboxylic acids is 1. The summed E-state index contributed by atoms with van der Waals surface area (Å²) in [6.45, 7) is 2.14. The normalized spacial score (nSPS) is 16.4. The zero-order valence-corrected chi connectivity index (χ0v) is 10.9. The minimum atomic E-state index is -3.66. The van der Waals surface area contributed by atoms with E-state index in [4.69, 9.17) is 5.11 Å². The van der Waals surface area contributed by atoms with Gasteiger partial charge >= 0.3 is 5.97 Å². The van der Waals surface area contributed by atoms with Crippen LogP contribution < -0.4 is 0 Å². The number of hydrogen-bond acceptors (Lipinski definition) is 4. The average Bonchev–Trinajstić information content (AvgIpc) is 2.94. The van der Waals surface area contributed by atoms with Crippen LogP contribution in [0.5, 0.6) is 0 Å². The third-order valence-electron chi connectivity index (χ3n) is 2.68. The van der Waals surface area contributed by atoms with Crippen molar-refractivity contribution < 1.29 is 18.3 Å². The molecule has 0 saturated heterocycles. The molecular formula is C10H13NO4S2. The second kappa shape index (κ2) is 4.40. The molecule has 0 aromatic carbocycles. The van der Waals surface area contributed by atoms with Gasteiger partial charge in [0.2, 0.25) is 10.0 Å². The van der Waals surface area contributed by atoms with Gasteiger partial charge < -0.3 is 5.11 Å². The lowest BCUT2D eigenvalue weighted by Crippen LogP contribution is -2.33. The van der Waals surface area contributed by atoms with Crippen molar-refractivity contribution in [3.8, 4) is 0 Å². The van der Waals surface area contributed by atoms with Gasteiger partial charge in [0, 0.05) is 12.6 Å². The smallest absolute Gasteiger partial charge is 0.347 e. The van der Waals surface area contributed by atoms with E-state index in [1.54, 1.807) is 6.92 Å². The highest BCUT2D eigenvalue weighted by atomic mass is 32.2. The number of thiophene rings is 1. The molecule has 1 aliphatic carbocycles. The summed E-state index contributed by atoms with van der Waals surface area (Å²) in [4.78, 5) is 10.8. The Morgan fingerprint density at radius 3 is 2.71 bits per heavy atom. The summed E-state index contributed by atoms with van der Waals surface area (Å²) in [7, 11) is -3.66. The summed E-state index contributed by atoms with van der Waals surface area (Å²) < 4.78 is 26.0. The lowest BCUT2D eigenvalue weighted by Gasteiger charge is -2.19. The van der Waals surface area contributed by atoms with Crippen LogP contribution in [0.25, 0.3) is 0 Å². The molecule has 0 atom stereocenters. The van der Waals surface area contributed by atoms with E-state index >= 15 is 0 Å². The number of nitrogens with zero attached hydrogens (tertiary/aromatic N) is 1. The van der Waals surface area contributed by atoms with Gasteiger partial charge in [-0.05, 0) is 24.3 Å². The van der Waals surface area contributed by atoms with E-state index in [1.807, 2.05) is 0 Å². The van der Waals surface area contributed by atoms with Gasteiger partial charge in [-0.3, -0.25) is 0 Å². The highest BCUT2D eigenvalue weighted by Gasteiger charge is 2.38. The Morgan fingerprint density at radius 2 is 2.24 bits per heavy atom. The largest absolute Gasteiger partial charge is 0.477 e. The van der Waals surface area contributed by atoms with Crippen LogP contribution in [0.1, 0.15) is 29.4 Å². The highest BCUT2D eigenvalue weighted by molar-refractivity contribution is 7.89. The topological polar surface area (TPSA) is 74.7 Å². The molecule has 0 amide bonds. The molecule has 94 valence electrons. The molecule has 1 saturated carbocycles. The maximum absolute atomic E-state index is 12.3. The van der Waals surface area contributed by atoms with Gasteiger partial charge in [-0.15, -0.1) is 11.3 Å². The maximum Gasteiger partial charge on any atom is 0.347 e. The van der Waals surface area contributed by atoms with Crippen LogP contribution >= 0.6 is 11.3 Å². The second-order valence-corrected chi connectivity index (χ2v) is 6.63. The lowest BCUT2D eigenvalue weighted by atomic mass is 10.5. The minimum Gasteiger partial charge on any atom is -0.477 e. The molecule has 1 aromatic heterocycles. The Balaban J connectivity index is 2.43. The predicted octanol–water partition coefficient (Wildman–Crippen LogP) is 1.62. The van der Waals surface area contributed by atoms with Gasteiger partial charge in [-0.1, -0.05) is 6.92 Å². The lowest BCUT2D eigenvalue weighted by molar-refractivity contribution is 0.0698. The van der Waals surface area contributed by atoms with Gasteiger partial charge in [0.15, 0.2) is 0 Å². The van der Waals surface area contributed by atoms with E-state index in [2.05, 4.69) is 0 Å². The minimum absolute atomic E-state index is 0.0477. The quantitative estimate of drug-likeness (QED) is 0.886. The van der Waals surface area contributed by atoms with Crippen LogP contribution in [0.4, 0.5) is 0 Å². The Kier molecular flexibility index (Phi) is 3.24. The first-order valence-corrected chi connectivity index (χ1v) is 7.63. The molecule has 1 aliphatic rings. The number of hydrogen-bond donors (Lipinski definition) is 1. The maximum atomic E-state index is 12.3. The molecule has 7 heteroatoms. The van der Waals surface area contributed by atoms with E-state index in [0.29, 0.717) is 6.54 Å². The van der Waals surface area contributed by atoms with E-state index in [9.17, 15) is 13.2 Å². The third kappa shape index (κ3) is 2.22. The summed E-state index contributed by atoms with van der Waals surface area (Å²) in [5, 5.41) is 10.5. The molecule has 0 radical (unpaired) electrons. The molecule has 1 aromatic rings. The number of rotatable bonds is 5. The van der Waals surface area contributed by atoms with E-state index in [-0.39, 0.29) is 15.8 Å². The molecule has 17 heavy (non-hydrogen) atoms. The van der Waals surface area contributed by atoms with Crippen molar-refractivity contribution in [2.24, 2.45) is 0 Å². The highest BCUT2D eigenvalue weighted by Crippen LogP contribution is 2.33. The van der Waals surface area contributed by atoms with Crippen LogP contribution in [0.15, 0.2) is 16.3 Å². The Morgan fingerprint density at radius 1 is 1.59 bits per heavy atom. The Bertz CT molecular complexity index is 530. The van der Waals surface area contributed by atoms with Gasteiger partial charge in [-0.2, -0.15) is 4.31 Å². The van der Waals surface area contributed by atoms with Crippen LogP contribution in [0, 0.1) is 0 Å². The number of aromatic carboxylic acids is 1. The molecule has 0 spiro atoms. The zero-order chi connectivity index (χ0) is 12.6. The second-order valence-electron chi connectivity index (χ2n) is 3.86. The van der Waals surface area contributed by atoms with Crippen molar-refractivity contribution in [2.75, 3.05) is 6.54 Å². The van der Waals surface area contributed by atoms with Gasteiger partial charge in [0.05, 0.1) is 0 Å². The Hall–Kier alpha value is -0.920. The molecule has 1 heterocycles. The standard InChI is InChI=1S/C10H13NO4S2/c1-2-11(7-3-4-7)17(14,15)8-5-6-16-9(8)10(12)13/h5-7H,2-4H2,1H3,(H,12,13). The van der Waals surface area contributed by atoms with E-state index in [0.717, 1.165) is 24.2 Å². The fourth-order valence-electron chi connectivity index (χ4n) is 1.77. The van der Waals surface area contributed by atoms with Crippen molar-refractivity contribution in [3.05, 3.63) is 16.3 Å². The molecule has 5 nitrogen and oxygen atoms in total. The molecular weight excluding hydrogens is 262 g/mol. The first-order valence-electron chi connectivity index (χ1n) is 5.31. The molecule has 1 fully saturated rings. The molecule has 2 rings (SSSR count). The average molecular weight is 275 g/mol. The van der Waals surface area contributed by atoms with Crippen LogP contribution in [-0.2, 0) is 10.0 Å². The summed E-state index contributed by atoms with van der Waals surface area (Å²) in [5.41, 5.74) is 0. The van der Waals surface area contributed by atoms with Crippen molar-refractivity contribution in [1.29, 1.82) is 0 Å². The number of carboxylic acid groups (broad SMARTS) is 1.